The Morgan fingerprint density at radius 3 is 2.86 bits per heavy atom. The number of benzene rings is 1. The second-order valence-corrected chi connectivity index (χ2v) is 6.00. The fourth-order valence-electron chi connectivity index (χ4n) is 2.17. The summed E-state index contributed by atoms with van der Waals surface area (Å²) in [5.74, 6) is -0.258. The van der Waals surface area contributed by atoms with E-state index in [1.165, 1.54) is 23.8 Å². The average Bonchev–Trinajstić information content (AvgIpc) is 2.46. The Bertz CT molecular complexity index is 641. The van der Waals surface area contributed by atoms with Gasteiger partial charge in [-0.25, -0.2) is 0 Å². The SMILES string of the molecule is COc1cc(C=C2SCCN(CC(=O)O)C2=O)cc(C)c1O. The van der Waals surface area contributed by atoms with Gasteiger partial charge in [-0.05, 0) is 36.3 Å². The Morgan fingerprint density at radius 1 is 1.50 bits per heavy atom. The van der Waals surface area contributed by atoms with Gasteiger partial charge in [-0.1, -0.05) is 0 Å². The fourth-order valence-corrected chi connectivity index (χ4v) is 3.17. The summed E-state index contributed by atoms with van der Waals surface area (Å²) in [6.07, 6.45) is 1.69. The van der Waals surface area contributed by atoms with Crippen LogP contribution in [0.1, 0.15) is 11.1 Å². The van der Waals surface area contributed by atoms with E-state index in [4.69, 9.17) is 9.84 Å². The molecule has 118 valence electrons. The number of methoxy groups -OCH3 is 1. The standard InChI is InChI=1S/C15H17NO5S/c1-9-5-10(6-11(21-2)14(9)19)7-12-15(20)16(3-4-22-12)8-13(17)18/h5-7,19H,3-4,8H2,1-2H3,(H,17,18). The fraction of sp³-hybridized carbons (Fsp3) is 0.333. The van der Waals surface area contributed by atoms with Gasteiger partial charge in [0, 0.05) is 12.3 Å². The van der Waals surface area contributed by atoms with Crippen LogP contribution in [0, 0.1) is 6.92 Å². The summed E-state index contributed by atoms with van der Waals surface area (Å²) in [4.78, 5) is 24.8. The number of phenols is 1. The van der Waals surface area contributed by atoms with Crippen LogP contribution < -0.4 is 4.74 Å². The third-order valence-corrected chi connectivity index (χ3v) is 4.24. The third-order valence-electron chi connectivity index (χ3n) is 3.25. The largest absolute Gasteiger partial charge is 0.504 e. The number of ether oxygens (including phenoxy) is 1. The zero-order chi connectivity index (χ0) is 16.3. The lowest BCUT2D eigenvalue weighted by Crippen LogP contribution is -2.40. The maximum absolute atomic E-state index is 12.3. The molecule has 0 bridgehead atoms. The van der Waals surface area contributed by atoms with Crippen LogP contribution in [0.3, 0.4) is 0 Å². The van der Waals surface area contributed by atoms with Gasteiger partial charge in [0.25, 0.3) is 5.91 Å². The number of carboxylic acids is 1. The van der Waals surface area contributed by atoms with E-state index in [1.807, 2.05) is 0 Å². The summed E-state index contributed by atoms with van der Waals surface area (Å²) in [5, 5.41) is 18.7. The minimum absolute atomic E-state index is 0.0692. The summed E-state index contributed by atoms with van der Waals surface area (Å²) < 4.78 is 5.10. The van der Waals surface area contributed by atoms with E-state index in [0.717, 1.165) is 5.56 Å². The molecule has 0 aliphatic carbocycles. The molecule has 0 unspecified atom stereocenters. The highest BCUT2D eigenvalue weighted by molar-refractivity contribution is 8.04. The quantitative estimate of drug-likeness (QED) is 0.820. The van der Waals surface area contributed by atoms with Gasteiger partial charge in [0.1, 0.15) is 6.54 Å². The number of phenolic OH excluding ortho intramolecular Hbond substituents is 1. The Labute approximate surface area is 132 Å². The number of hydrogen-bond donors (Lipinski definition) is 2. The van der Waals surface area contributed by atoms with Crippen molar-refractivity contribution in [1.82, 2.24) is 4.90 Å². The summed E-state index contributed by atoms with van der Waals surface area (Å²) in [7, 11) is 1.46. The van der Waals surface area contributed by atoms with E-state index >= 15 is 0 Å². The molecule has 0 saturated carbocycles. The van der Waals surface area contributed by atoms with Gasteiger partial charge in [-0.3, -0.25) is 9.59 Å². The van der Waals surface area contributed by atoms with Crippen LogP contribution >= 0.6 is 11.8 Å². The van der Waals surface area contributed by atoms with Gasteiger partial charge in [0.15, 0.2) is 11.5 Å². The molecule has 1 aromatic rings. The minimum Gasteiger partial charge on any atom is -0.504 e. The number of nitrogens with zero attached hydrogens (tertiary/aromatic N) is 1. The van der Waals surface area contributed by atoms with Gasteiger partial charge in [-0.15, -0.1) is 11.8 Å². The molecule has 2 N–H and O–H groups in total. The third kappa shape index (κ3) is 3.54. The maximum Gasteiger partial charge on any atom is 0.323 e. The van der Waals surface area contributed by atoms with Crippen molar-refractivity contribution in [2.75, 3.05) is 26.0 Å². The predicted octanol–water partition coefficient (Wildman–Crippen LogP) is 1.71. The molecule has 2 rings (SSSR count). The number of thioether (sulfide) groups is 1. The van der Waals surface area contributed by atoms with E-state index in [-0.39, 0.29) is 18.2 Å². The number of amides is 1. The maximum atomic E-state index is 12.3. The number of aromatic hydroxyl groups is 1. The molecule has 22 heavy (non-hydrogen) atoms. The van der Waals surface area contributed by atoms with Crippen molar-refractivity contribution in [2.24, 2.45) is 0 Å². The Hall–Kier alpha value is -2.15. The van der Waals surface area contributed by atoms with Crippen LogP contribution in [-0.4, -0.2) is 52.9 Å². The van der Waals surface area contributed by atoms with Crippen molar-refractivity contribution in [3.8, 4) is 11.5 Å². The Morgan fingerprint density at radius 2 is 2.23 bits per heavy atom. The first kappa shape index (κ1) is 16.2. The number of hydrogen-bond acceptors (Lipinski definition) is 5. The molecule has 1 heterocycles. The molecule has 0 aromatic heterocycles. The van der Waals surface area contributed by atoms with Gasteiger partial charge >= 0.3 is 5.97 Å². The minimum atomic E-state index is -1.03. The number of aliphatic carboxylic acids is 1. The molecule has 1 saturated heterocycles. The number of aryl methyl sites for hydroxylation is 1. The highest BCUT2D eigenvalue weighted by atomic mass is 32.2. The number of carboxylic acid groups (broad SMARTS) is 1. The van der Waals surface area contributed by atoms with Crippen molar-refractivity contribution in [2.45, 2.75) is 6.92 Å². The van der Waals surface area contributed by atoms with Gasteiger partial charge in [-0.2, -0.15) is 0 Å². The van der Waals surface area contributed by atoms with Crippen molar-refractivity contribution in [3.63, 3.8) is 0 Å². The van der Waals surface area contributed by atoms with E-state index < -0.39 is 5.97 Å². The molecule has 1 aliphatic rings. The van der Waals surface area contributed by atoms with Crippen LogP contribution in [0.4, 0.5) is 0 Å². The van der Waals surface area contributed by atoms with Crippen molar-refractivity contribution in [3.05, 3.63) is 28.2 Å². The molecule has 1 aromatic carbocycles. The lowest BCUT2D eigenvalue weighted by Gasteiger charge is -2.26. The van der Waals surface area contributed by atoms with E-state index in [1.54, 1.807) is 25.1 Å². The highest BCUT2D eigenvalue weighted by Gasteiger charge is 2.25. The topological polar surface area (TPSA) is 87.1 Å². The van der Waals surface area contributed by atoms with Crippen molar-refractivity contribution < 1.29 is 24.5 Å². The number of rotatable bonds is 4. The van der Waals surface area contributed by atoms with Crippen LogP contribution in [0.5, 0.6) is 11.5 Å². The Kier molecular flexibility index (Phi) is 4.97. The first-order chi connectivity index (χ1) is 10.4. The van der Waals surface area contributed by atoms with Crippen LogP contribution in [0.25, 0.3) is 6.08 Å². The highest BCUT2D eigenvalue weighted by Crippen LogP contribution is 2.33. The van der Waals surface area contributed by atoms with Crippen molar-refractivity contribution >= 4 is 29.7 Å². The van der Waals surface area contributed by atoms with E-state index in [9.17, 15) is 14.7 Å². The van der Waals surface area contributed by atoms with Gasteiger partial charge in [0.2, 0.25) is 0 Å². The van der Waals surface area contributed by atoms with Crippen LogP contribution in [0.15, 0.2) is 17.0 Å². The molecule has 0 spiro atoms. The molecule has 1 amide bonds. The normalized spacial score (nSPS) is 16.9. The molecule has 7 heteroatoms. The summed E-state index contributed by atoms with van der Waals surface area (Å²) >= 11 is 1.39. The molecule has 1 aliphatic heterocycles. The van der Waals surface area contributed by atoms with Crippen molar-refractivity contribution in [1.29, 1.82) is 0 Å². The smallest absolute Gasteiger partial charge is 0.323 e. The van der Waals surface area contributed by atoms with E-state index in [0.29, 0.717) is 28.5 Å². The lowest BCUT2D eigenvalue weighted by molar-refractivity contribution is -0.142. The molecular weight excluding hydrogens is 306 g/mol. The first-order valence-corrected chi connectivity index (χ1v) is 7.64. The molecule has 1 fully saturated rings. The summed E-state index contributed by atoms with van der Waals surface area (Å²) in [5.41, 5.74) is 1.36. The molecular formula is C15H17NO5S. The van der Waals surface area contributed by atoms with E-state index in [2.05, 4.69) is 0 Å². The second-order valence-electron chi connectivity index (χ2n) is 4.87. The molecule has 6 nitrogen and oxygen atoms in total. The van der Waals surface area contributed by atoms with Crippen LogP contribution in [0.2, 0.25) is 0 Å². The number of carbonyl (C=O) groups excluding carboxylic acids is 1. The van der Waals surface area contributed by atoms with Gasteiger partial charge in [0.05, 0.1) is 12.0 Å². The summed E-state index contributed by atoms with van der Waals surface area (Å²) in [6, 6.07) is 3.38. The Balaban J connectivity index is 2.30. The second kappa shape index (κ2) is 6.74. The molecule has 0 atom stereocenters. The summed E-state index contributed by atoms with van der Waals surface area (Å²) in [6.45, 7) is 1.87. The predicted molar refractivity (Wildman–Crippen MR) is 84.0 cm³/mol. The zero-order valence-electron chi connectivity index (χ0n) is 12.3. The monoisotopic (exact) mass is 323 g/mol. The van der Waals surface area contributed by atoms with Crippen LogP contribution in [-0.2, 0) is 9.59 Å². The lowest BCUT2D eigenvalue weighted by atomic mass is 10.1. The zero-order valence-corrected chi connectivity index (χ0v) is 13.1. The van der Waals surface area contributed by atoms with Gasteiger partial charge < -0.3 is 19.8 Å². The number of carbonyl (C=O) groups is 2. The first-order valence-electron chi connectivity index (χ1n) is 6.65. The molecule has 0 radical (unpaired) electrons. The average molecular weight is 323 g/mol.